The van der Waals surface area contributed by atoms with Gasteiger partial charge in [0.05, 0.1) is 15.4 Å². The minimum atomic E-state index is -0.833. The Morgan fingerprint density at radius 2 is 1.48 bits per heavy atom. The van der Waals surface area contributed by atoms with E-state index >= 15 is 0 Å². The van der Waals surface area contributed by atoms with Gasteiger partial charge in [0.25, 0.3) is 11.9 Å². The van der Waals surface area contributed by atoms with Crippen LogP contribution in [-0.4, -0.2) is 22.0 Å². The summed E-state index contributed by atoms with van der Waals surface area (Å²) in [6, 6.07) is 23.8. The fourth-order valence-electron chi connectivity index (χ4n) is 2.52. The van der Waals surface area contributed by atoms with Gasteiger partial charge in [-0.15, -0.1) is 11.3 Å². The average Bonchev–Trinajstić information content (AvgIpc) is 3.39. The second-order valence-electron chi connectivity index (χ2n) is 5.88. The number of nitrogens with one attached hydrogen (secondary N) is 1. The van der Waals surface area contributed by atoms with Crippen molar-refractivity contribution >= 4 is 39.7 Å². The van der Waals surface area contributed by atoms with Gasteiger partial charge >= 0.3 is 0 Å². The first-order valence-corrected chi connectivity index (χ1v) is 10.4. The van der Waals surface area contributed by atoms with Crippen molar-refractivity contribution in [1.82, 2.24) is 4.98 Å². The number of carbonyl (C=O) groups is 2. The number of thiophene rings is 1. The van der Waals surface area contributed by atoms with Crippen LogP contribution in [-0.2, 0) is 4.79 Å². The van der Waals surface area contributed by atoms with Crippen molar-refractivity contribution in [2.45, 2.75) is 6.92 Å². The molecular weight excluding hydrogens is 404 g/mol. The summed E-state index contributed by atoms with van der Waals surface area (Å²) in [6.07, 6.45) is 0. The summed E-state index contributed by atoms with van der Waals surface area (Å²) < 4.78 is 0. The molecule has 29 heavy (non-hydrogen) atoms. The van der Waals surface area contributed by atoms with E-state index in [4.69, 9.17) is 14.9 Å². The van der Waals surface area contributed by atoms with Gasteiger partial charge in [0.15, 0.2) is 5.13 Å². The zero-order valence-corrected chi connectivity index (χ0v) is 17.2. The van der Waals surface area contributed by atoms with Gasteiger partial charge in [0.1, 0.15) is 0 Å². The predicted molar refractivity (Wildman–Crippen MR) is 119 cm³/mol. The fraction of sp³-hybridized carbons (Fsp3) is 0.0455. The molecular formula is C22H18N2O3S2. The normalized spacial score (nSPS) is 9.97. The third-order valence-electron chi connectivity index (χ3n) is 3.68. The second kappa shape index (κ2) is 9.77. The summed E-state index contributed by atoms with van der Waals surface area (Å²) >= 11 is 2.91. The highest BCUT2D eigenvalue weighted by Gasteiger charge is 2.17. The van der Waals surface area contributed by atoms with Gasteiger partial charge in [-0.05, 0) is 17.0 Å². The van der Waals surface area contributed by atoms with Crippen LogP contribution in [0.3, 0.4) is 0 Å². The van der Waals surface area contributed by atoms with E-state index in [-0.39, 0.29) is 5.91 Å². The molecule has 0 aliphatic carbocycles. The van der Waals surface area contributed by atoms with Crippen LogP contribution in [0.4, 0.5) is 5.13 Å². The maximum atomic E-state index is 12.3. The number of carboxylic acid groups (broad SMARTS) is 1. The maximum absolute atomic E-state index is 12.3. The molecule has 1 amide bonds. The lowest BCUT2D eigenvalue weighted by Gasteiger charge is -2.02. The Bertz CT molecular complexity index is 1010. The third kappa shape index (κ3) is 5.60. The van der Waals surface area contributed by atoms with Crippen molar-refractivity contribution in [1.29, 1.82) is 0 Å². The molecule has 0 aliphatic rings. The number of hydrogen-bond acceptors (Lipinski definition) is 5. The molecule has 0 unspecified atom stereocenters. The molecule has 146 valence electrons. The summed E-state index contributed by atoms with van der Waals surface area (Å²) in [7, 11) is 0. The monoisotopic (exact) mass is 422 g/mol. The lowest BCUT2D eigenvalue weighted by Crippen LogP contribution is -2.09. The molecule has 4 rings (SSSR count). The van der Waals surface area contributed by atoms with Crippen molar-refractivity contribution in [3.8, 4) is 21.7 Å². The first-order chi connectivity index (χ1) is 14.0. The summed E-state index contributed by atoms with van der Waals surface area (Å²) in [5.74, 6) is -0.956. The van der Waals surface area contributed by atoms with Gasteiger partial charge in [-0.25, -0.2) is 4.98 Å². The van der Waals surface area contributed by atoms with Crippen molar-refractivity contribution in [2.24, 2.45) is 0 Å². The Labute approximate surface area is 176 Å². The Hall–Kier alpha value is -3.29. The number of carboxylic acids is 1. The summed E-state index contributed by atoms with van der Waals surface area (Å²) in [5.41, 5.74) is 3.02. The minimum absolute atomic E-state index is 0.122. The van der Waals surface area contributed by atoms with Crippen LogP contribution in [0.2, 0.25) is 0 Å². The van der Waals surface area contributed by atoms with Crippen LogP contribution < -0.4 is 5.32 Å². The highest BCUT2D eigenvalue weighted by molar-refractivity contribution is 7.19. The second-order valence-corrected chi connectivity index (χ2v) is 7.83. The Kier molecular flexibility index (Phi) is 6.89. The Morgan fingerprint density at radius 3 is 2.03 bits per heavy atom. The molecule has 4 aromatic rings. The van der Waals surface area contributed by atoms with E-state index < -0.39 is 5.97 Å². The van der Waals surface area contributed by atoms with Crippen LogP contribution in [0.1, 0.15) is 16.6 Å². The molecule has 0 aliphatic heterocycles. The van der Waals surface area contributed by atoms with Gasteiger partial charge in [-0.1, -0.05) is 78.1 Å². The molecule has 2 aromatic carbocycles. The molecule has 2 N–H and O–H groups in total. The van der Waals surface area contributed by atoms with E-state index in [0.29, 0.717) is 10.0 Å². The van der Waals surface area contributed by atoms with Crippen molar-refractivity contribution in [3.05, 3.63) is 83.1 Å². The van der Waals surface area contributed by atoms with Crippen LogP contribution in [0, 0.1) is 0 Å². The molecule has 0 saturated carbocycles. The summed E-state index contributed by atoms with van der Waals surface area (Å²) in [5, 5.41) is 12.8. The Balaban J connectivity index is 0.000000552. The third-order valence-corrected chi connectivity index (χ3v) is 5.56. The molecule has 5 nitrogen and oxygen atoms in total. The number of aromatic nitrogens is 1. The predicted octanol–water partition coefficient (Wildman–Crippen LogP) is 5.88. The molecule has 0 radical (unpaired) electrons. The van der Waals surface area contributed by atoms with E-state index in [0.717, 1.165) is 28.6 Å². The smallest absolute Gasteiger partial charge is 0.300 e. The zero-order chi connectivity index (χ0) is 20.6. The lowest BCUT2D eigenvalue weighted by atomic mass is 10.1. The number of nitrogens with zero attached hydrogens (tertiary/aromatic N) is 1. The SMILES string of the molecule is CC(=O)O.O=C(Nc1nc(-c2ccccc2)c(-c2ccccc2)s1)c1cccs1. The molecule has 0 fully saturated rings. The van der Waals surface area contributed by atoms with Crippen molar-refractivity contribution in [2.75, 3.05) is 5.32 Å². The van der Waals surface area contributed by atoms with Gasteiger partial charge in [-0.2, -0.15) is 0 Å². The van der Waals surface area contributed by atoms with Gasteiger partial charge in [-0.3, -0.25) is 14.9 Å². The molecule has 0 saturated heterocycles. The Morgan fingerprint density at radius 1 is 0.897 bits per heavy atom. The average molecular weight is 423 g/mol. The minimum Gasteiger partial charge on any atom is -0.481 e. The largest absolute Gasteiger partial charge is 0.481 e. The van der Waals surface area contributed by atoms with Gasteiger partial charge in [0, 0.05) is 12.5 Å². The number of rotatable bonds is 4. The molecule has 2 heterocycles. The summed E-state index contributed by atoms with van der Waals surface area (Å²) in [6.45, 7) is 1.08. The molecule has 7 heteroatoms. The van der Waals surface area contributed by atoms with Crippen LogP contribution in [0.5, 0.6) is 0 Å². The van der Waals surface area contributed by atoms with Crippen LogP contribution >= 0.6 is 22.7 Å². The van der Waals surface area contributed by atoms with Gasteiger partial charge < -0.3 is 5.11 Å². The summed E-state index contributed by atoms with van der Waals surface area (Å²) in [4.78, 5) is 27.8. The number of carbonyl (C=O) groups excluding carboxylic acids is 1. The highest BCUT2D eigenvalue weighted by Crippen LogP contribution is 2.39. The topological polar surface area (TPSA) is 79.3 Å². The number of benzene rings is 2. The zero-order valence-electron chi connectivity index (χ0n) is 15.5. The van der Waals surface area contributed by atoms with E-state index in [2.05, 4.69) is 17.4 Å². The van der Waals surface area contributed by atoms with E-state index in [1.54, 1.807) is 0 Å². The van der Waals surface area contributed by atoms with Crippen molar-refractivity contribution < 1.29 is 14.7 Å². The van der Waals surface area contributed by atoms with E-state index in [1.165, 1.54) is 22.7 Å². The maximum Gasteiger partial charge on any atom is 0.300 e. The highest BCUT2D eigenvalue weighted by atomic mass is 32.1. The quantitative estimate of drug-likeness (QED) is 0.430. The number of amides is 1. The molecule has 2 aromatic heterocycles. The first-order valence-electron chi connectivity index (χ1n) is 8.70. The van der Waals surface area contributed by atoms with Crippen molar-refractivity contribution in [3.63, 3.8) is 0 Å². The molecule has 0 atom stereocenters. The first kappa shape index (κ1) is 20.4. The van der Waals surface area contributed by atoms with Gasteiger partial charge in [0.2, 0.25) is 0 Å². The molecule has 0 bridgehead atoms. The fourth-order valence-corrected chi connectivity index (χ4v) is 4.12. The van der Waals surface area contributed by atoms with Crippen LogP contribution in [0.25, 0.3) is 21.7 Å². The van der Waals surface area contributed by atoms with E-state index in [9.17, 15) is 4.79 Å². The van der Waals surface area contributed by atoms with Crippen LogP contribution in [0.15, 0.2) is 78.2 Å². The molecule has 0 spiro atoms. The lowest BCUT2D eigenvalue weighted by molar-refractivity contribution is -0.134. The number of hydrogen-bond donors (Lipinski definition) is 2. The number of thiazole rings is 1. The number of anilines is 1. The number of aliphatic carboxylic acids is 1. The van der Waals surface area contributed by atoms with E-state index in [1.807, 2.05) is 66.0 Å². The standard InChI is InChI=1S/C20H14N2OS2.C2H4O2/c23-19(16-12-7-13-24-16)22-20-21-17(14-8-3-1-4-9-14)18(25-20)15-10-5-2-6-11-15;1-2(3)4/h1-13H,(H,21,22,23);1H3,(H,3,4).